The lowest BCUT2D eigenvalue weighted by molar-refractivity contribution is 0.0164. The van der Waals surface area contributed by atoms with E-state index in [-0.39, 0.29) is 23.7 Å². The second-order valence-corrected chi connectivity index (χ2v) is 9.48. The highest BCUT2D eigenvalue weighted by atomic mass is 16.5. The molecule has 0 radical (unpaired) electrons. The predicted molar refractivity (Wildman–Crippen MR) is 130 cm³/mol. The molecule has 2 aromatic rings. The van der Waals surface area contributed by atoms with Gasteiger partial charge in [-0.1, -0.05) is 38.5 Å². The number of hydrogen-bond donors (Lipinski definition) is 3. The van der Waals surface area contributed by atoms with Crippen molar-refractivity contribution in [3.63, 3.8) is 0 Å². The number of aliphatic hydroxyl groups excluding tert-OH is 1. The summed E-state index contributed by atoms with van der Waals surface area (Å²) in [4.78, 5) is 29.5. The molecule has 2 aliphatic carbocycles. The number of aromatic nitrogens is 1. The summed E-state index contributed by atoms with van der Waals surface area (Å²) >= 11 is 0. The number of benzene rings is 1. The van der Waals surface area contributed by atoms with Crippen molar-refractivity contribution >= 4 is 16.9 Å². The maximum atomic E-state index is 13.2. The number of fused-ring (bicyclic) bond motifs is 1. The van der Waals surface area contributed by atoms with Crippen LogP contribution in [0.3, 0.4) is 0 Å². The highest BCUT2D eigenvalue weighted by molar-refractivity contribution is 5.79. The van der Waals surface area contributed by atoms with Gasteiger partial charge in [-0.15, -0.1) is 0 Å². The van der Waals surface area contributed by atoms with E-state index in [1.807, 2.05) is 23.1 Å². The van der Waals surface area contributed by atoms with Gasteiger partial charge in [-0.05, 0) is 56.4 Å². The fourth-order valence-electron chi connectivity index (χ4n) is 5.31. The number of pyridine rings is 1. The van der Waals surface area contributed by atoms with Crippen LogP contribution < -0.4 is 15.6 Å². The van der Waals surface area contributed by atoms with Crippen molar-refractivity contribution in [2.75, 3.05) is 13.2 Å². The maximum absolute atomic E-state index is 13.2. The quantitative estimate of drug-likeness (QED) is 0.428. The summed E-state index contributed by atoms with van der Waals surface area (Å²) in [5, 5.41) is 14.7. The van der Waals surface area contributed by atoms with E-state index < -0.39 is 6.10 Å². The lowest BCUT2D eigenvalue weighted by atomic mass is 9.89. The number of aromatic amines is 1. The maximum Gasteiger partial charge on any atom is 0.317 e. The number of carbonyl (C=O) groups excluding carboxylic acids is 1. The molecule has 2 amide bonds. The Morgan fingerprint density at radius 2 is 1.79 bits per heavy atom. The van der Waals surface area contributed by atoms with Crippen LogP contribution in [0, 0.1) is 0 Å². The van der Waals surface area contributed by atoms with Gasteiger partial charge in [0.25, 0.3) is 0 Å². The SMILES string of the molecule is O=C(NCCCOc1ccc2[nH]c(=O)ccc2c1)N(C1CCCCCC1)[C@H]1CCCC[C@@H]1O. The van der Waals surface area contributed by atoms with E-state index in [0.717, 1.165) is 68.0 Å². The number of nitrogens with one attached hydrogen (secondary N) is 2. The Hall–Kier alpha value is -2.54. The first kappa shape index (κ1) is 23.6. The summed E-state index contributed by atoms with van der Waals surface area (Å²) < 4.78 is 5.86. The van der Waals surface area contributed by atoms with E-state index in [0.29, 0.717) is 19.6 Å². The van der Waals surface area contributed by atoms with Crippen LogP contribution in [0.5, 0.6) is 5.75 Å². The van der Waals surface area contributed by atoms with Crippen molar-refractivity contribution in [2.24, 2.45) is 0 Å². The molecule has 1 aromatic carbocycles. The van der Waals surface area contributed by atoms with Crippen molar-refractivity contribution in [1.82, 2.24) is 15.2 Å². The summed E-state index contributed by atoms with van der Waals surface area (Å²) in [6, 6.07) is 8.99. The smallest absolute Gasteiger partial charge is 0.317 e. The van der Waals surface area contributed by atoms with Gasteiger partial charge >= 0.3 is 6.03 Å². The van der Waals surface area contributed by atoms with Crippen LogP contribution in [0.2, 0.25) is 0 Å². The molecule has 33 heavy (non-hydrogen) atoms. The lowest BCUT2D eigenvalue weighted by Crippen LogP contribution is -2.56. The Labute approximate surface area is 195 Å². The highest BCUT2D eigenvalue weighted by Gasteiger charge is 2.36. The Morgan fingerprint density at radius 1 is 1.03 bits per heavy atom. The second kappa shape index (κ2) is 11.5. The van der Waals surface area contributed by atoms with Crippen molar-refractivity contribution in [2.45, 2.75) is 88.8 Å². The van der Waals surface area contributed by atoms with Crippen LogP contribution in [-0.2, 0) is 0 Å². The first-order valence-electron chi connectivity index (χ1n) is 12.6. The molecule has 0 aliphatic heterocycles. The number of nitrogens with zero attached hydrogens (tertiary/aromatic N) is 1. The summed E-state index contributed by atoms with van der Waals surface area (Å²) in [5.41, 5.74) is 0.663. The largest absolute Gasteiger partial charge is 0.494 e. The summed E-state index contributed by atoms with van der Waals surface area (Å²) in [7, 11) is 0. The first-order chi connectivity index (χ1) is 16.1. The van der Waals surface area contributed by atoms with E-state index in [1.54, 1.807) is 6.07 Å². The third-order valence-electron chi connectivity index (χ3n) is 7.07. The number of aliphatic hydroxyl groups is 1. The summed E-state index contributed by atoms with van der Waals surface area (Å²) in [6.45, 7) is 1.02. The predicted octanol–water partition coefficient (Wildman–Crippen LogP) is 4.33. The van der Waals surface area contributed by atoms with Crippen LogP contribution >= 0.6 is 0 Å². The summed E-state index contributed by atoms with van der Waals surface area (Å²) in [5.74, 6) is 0.742. The van der Waals surface area contributed by atoms with Crippen molar-refractivity contribution in [3.8, 4) is 5.75 Å². The van der Waals surface area contributed by atoms with Gasteiger partial charge in [-0.25, -0.2) is 4.79 Å². The molecule has 180 valence electrons. The summed E-state index contributed by atoms with van der Waals surface area (Å²) in [6.07, 6.45) is 10.9. The van der Waals surface area contributed by atoms with Gasteiger partial charge in [-0.3, -0.25) is 4.79 Å². The second-order valence-electron chi connectivity index (χ2n) is 9.48. The van der Waals surface area contributed by atoms with Crippen LogP contribution in [0.1, 0.15) is 70.6 Å². The number of urea groups is 1. The Kier molecular flexibility index (Phi) is 8.26. The minimum absolute atomic E-state index is 0.0393. The van der Waals surface area contributed by atoms with Crippen LogP contribution in [0.25, 0.3) is 10.9 Å². The zero-order valence-electron chi connectivity index (χ0n) is 19.4. The Morgan fingerprint density at radius 3 is 2.58 bits per heavy atom. The zero-order valence-corrected chi connectivity index (χ0v) is 19.4. The number of amides is 2. The molecule has 0 unspecified atom stereocenters. The molecule has 0 bridgehead atoms. The van der Waals surface area contributed by atoms with E-state index in [2.05, 4.69) is 10.3 Å². The van der Waals surface area contributed by atoms with Gasteiger partial charge in [0.05, 0.1) is 18.8 Å². The van der Waals surface area contributed by atoms with E-state index in [1.165, 1.54) is 18.9 Å². The minimum atomic E-state index is -0.418. The van der Waals surface area contributed by atoms with Gasteiger partial charge in [0, 0.05) is 29.6 Å². The molecule has 2 saturated carbocycles. The number of hydrogen-bond acceptors (Lipinski definition) is 4. The monoisotopic (exact) mass is 455 g/mol. The average Bonchev–Trinajstić information content (AvgIpc) is 3.10. The van der Waals surface area contributed by atoms with Gasteiger partial charge in [0.2, 0.25) is 5.56 Å². The van der Waals surface area contributed by atoms with Crippen molar-refractivity contribution in [3.05, 3.63) is 40.7 Å². The fraction of sp³-hybridized carbons (Fsp3) is 0.615. The molecule has 3 N–H and O–H groups in total. The molecule has 4 rings (SSSR count). The number of carbonyl (C=O) groups is 1. The zero-order chi connectivity index (χ0) is 23.0. The average molecular weight is 456 g/mol. The van der Waals surface area contributed by atoms with Gasteiger partial charge in [-0.2, -0.15) is 0 Å². The number of H-pyrrole nitrogens is 1. The molecule has 2 atom stereocenters. The van der Waals surface area contributed by atoms with E-state index in [9.17, 15) is 14.7 Å². The van der Waals surface area contributed by atoms with Gasteiger partial charge in [0.15, 0.2) is 0 Å². The molecule has 2 fully saturated rings. The molecule has 7 heteroatoms. The molecule has 0 spiro atoms. The van der Waals surface area contributed by atoms with Crippen LogP contribution in [-0.4, -0.2) is 52.4 Å². The molecular formula is C26H37N3O4. The highest BCUT2D eigenvalue weighted by Crippen LogP contribution is 2.30. The normalized spacial score (nSPS) is 22.0. The van der Waals surface area contributed by atoms with Crippen molar-refractivity contribution in [1.29, 1.82) is 0 Å². The van der Waals surface area contributed by atoms with Gasteiger partial charge < -0.3 is 25.0 Å². The van der Waals surface area contributed by atoms with Crippen molar-refractivity contribution < 1.29 is 14.6 Å². The molecule has 7 nitrogen and oxygen atoms in total. The van der Waals surface area contributed by atoms with Gasteiger partial charge in [0.1, 0.15) is 5.75 Å². The fourth-order valence-corrected chi connectivity index (χ4v) is 5.31. The third kappa shape index (κ3) is 6.28. The molecule has 1 heterocycles. The molecular weight excluding hydrogens is 418 g/mol. The molecule has 1 aromatic heterocycles. The molecule has 0 saturated heterocycles. The number of ether oxygens (including phenoxy) is 1. The van der Waals surface area contributed by atoms with Crippen LogP contribution in [0.4, 0.5) is 4.79 Å². The standard InChI is InChI=1S/C26H37N3O4/c30-24-11-6-5-10-23(24)29(20-8-3-1-2-4-9-20)26(32)27-16-7-17-33-21-13-14-22-19(18-21)12-15-25(31)28-22/h12-15,18,20,23-24,30H,1-11,16-17H2,(H,27,32)(H,28,31)/t23-,24-/m0/s1. The molecule has 2 aliphatic rings. The number of rotatable bonds is 7. The van der Waals surface area contributed by atoms with E-state index in [4.69, 9.17) is 4.74 Å². The Bertz CT molecular complexity index is 967. The minimum Gasteiger partial charge on any atom is -0.494 e. The lowest BCUT2D eigenvalue weighted by Gasteiger charge is -2.42. The Balaban J connectivity index is 1.29. The topological polar surface area (TPSA) is 94.7 Å². The third-order valence-corrected chi connectivity index (χ3v) is 7.07. The first-order valence-corrected chi connectivity index (χ1v) is 12.6. The van der Waals surface area contributed by atoms with Crippen LogP contribution in [0.15, 0.2) is 35.1 Å². The van der Waals surface area contributed by atoms with E-state index >= 15 is 0 Å².